The molecular formula is C15H24N4O. The summed E-state index contributed by atoms with van der Waals surface area (Å²) < 4.78 is 5.63. The second-order valence-electron chi connectivity index (χ2n) is 6.38. The highest BCUT2D eigenvalue weighted by Crippen LogP contribution is 2.37. The lowest BCUT2D eigenvalue weighted by Crippen LogP contribution is -2.32. The Morgan fingerprint density at radius 1 is 1.25 bits per heavy atom. The first-order chi connectivity index (χ1) is 9.61. The number of fused-ring (bicyclic) bond motifs is 1. The van der Waals surface area contributed by atoms with Crippen molar-refractivity contribution in [2.24, 2.45) is 17.6 Å². The van der Waals surface area contributed by atoms with E-state index in [0.717, 1.165) is 43.6 Å². The summed E-state index contributed by atoms with van der Waals surface area (Å²) >= 11 is 0. The van der Waals surface area contributed by atoms with Gasteiger partial charge in [-0.05, 0) is 44.9 Å². The Kier molecular flexibility index (Phi) is 3.78. The molecule has 3 atom stereocenters. The van der Waals surface area contributed by atoms with Crippen LogP contribution in [0.3, 0.4) is 0 Å². The molecule has 0 spiro atoms. The van der Waals surface area contributed by atoms with Gasteiger partial charge in [-0.25, -0.2) is 0 Å². The Morgan fingerprint density at radius 2 is 2.05 bits per heavy atom. The Labute approximate surface area is 120 Å². The molecule has 0 aromatic carbocycles. The molecule has 0 radical (unpaired) electrons. The van der Waals surface area contributed by atoms with Crippen molar-refractivity contribution in [3.8, 4) is 5.88 Å². The summed E-state index contributed by atoms with van der Waals surface area (Å²) in [4.78, 5) is 11.2. The zero-order valence-electron chi connectivity index (χ0n) is 12.3. The number of rotatable bonds is 3. The minimum Gasteiger partial charge on any atom is -0.474 e. The topological polar surface area (TPSA) is 64.3 Å². The van der Waals surface area contributed by atoms with Gasteiger partial charge in [-0.3, -0.25) is 4.98 Å². The van der Waals surface area contributed by atoms with E-state index in [1.807, 2.05) is 20.0 Å². The van der Waals surface area contributed by atoms with Crippen LogP contribution in [0.4, 0.5) is 5.82 Å². The monoisotopic (exact) mass is 276 g/mol. The number of aromatic nitrogens is 2. The van der Waals surface area contributed by atoms with Gasteiger partial charge in [0.05, 0.1) is 18.5 Å². The minimum atomic E-state index is 0.124. The molecule has 1 aliphatic heterocycles. The molecule has 2 heterocycles. The zero-order chi connectivity index (χ0) is 14.1. The van der Waals surface area contributed by atoms with E-state index in [9.17, 15) is 0 Å². The maximum atomic E-state index is 6.09. The van der Waals surface area contributed by atoms with Crippen molar-refractivity contribution in [3.63, 3.8) is 0 Å². The standard InChI is InChI=1S/C15H24N4O/c1-10(2)20-15-7-17-6-14(18-15)19-8-11-3-4-13(16)5-12(11)9-19/h6-7,10-13H,3-5,8-9,16H2,1-2H3/t11-,12+,13?/m1/s1. The van der Waals surface area contributed by atoms with Crippen LogP contribution in [0.25, 0.3) is 0 Å². The average molecular weight is 276 g/mol. The van der Waals surface area contributed by atoms with E-state index < -0.39 is 0 Å². The smallest absolute Gasteiger partial charge is 0.234 e. The first kappa shape index (κ1) is 13.6. The van der Waals surface area contributed by atoms with E-state index in [0.29, 0.717) is 11.9 Å². The minimum absolute atomic E-state index is 0.124. The largest absolute Gasteiger partial charge is 0.474 e. The number of nitrogens with zero attached hydrogens (tertiary/aromatic N) is 3. The third-order valence-corrected chi connectivity index (χ3v) is 4.37. The summed E-state index contributed by atoms with van der Waals surface area (Å²) in [5.74, 6) is 3.04. The van der Waals surface area contributed by atoms with Crippen molar-refractivity contribution in [3.05, 3.63) is 12.4 Å². The lowest BCUT2D eigenvalue weighted by atomic mass is 9.79. The number of hydrogen-bond donors (Lipinski definition) is 1. The van der Waals surface area contributed by atoms with Crippen molar-refractivity contribution in [1.82, 2.24) is 9.97 Å². The van der Waals surface area contributed by atoms with Gasteiger partial charge in [0.1, 0.15) is 0 Å². The molecule has 1 aromatic heterocycles. The summed E-state index contributed by atoms with van der Waals surface area (Å²) in [6.45, 7) is 6.13. The van der Waals surface area contributed by atoms with Crippen LogP contribution in [-0.2, 0) is 0 Å². The van der Waals surface area contributed by atoms with Crippen LogP contribution in [0.1, 0.15) is 33.1 Å². The van der Waals surface area contributed by atoms with E-state index in [1.165, 1.54) is 6.42 Å². The number of anilines is 1. The molecule has 1 saturated carbocycles. The third-order valence-electron chi connectivity index (χ3n) is 4.37. The second-order valence-corrected chi connectivity index (χ2v) is 6.38. The highest BCUT2D eigenvalue weighted by atomic mass is 16.5. The number of hydrogen-bond acceptors (Lipinski definition) is 5. The Balaban J connectivity index is 1.71. The Hall–Kier alpha value is -1.36. The maximum absolute atomic E-state index is 6.09. The highest BCUT2D eigenvalue weighted by molar-refractivity contribution is 5.39. The van der Waals surface area contributed by atoms with Crippen LogP contribution in [-0.4, -0.2) is 35.2 Å². The highest BCUT2D eigenvalue weighted by Gasteiger charge is 2.37. The van der Waals surface area contributed by atoms with Crippen molar-refractivity contribution < 1.29 is 4.74 Å². The van der Waals surface area contributed by atoms with Gasteiger partial charge in [-0.15, -0.1) is 0 Å². The predicted molar refractivity (Wildman–Crippen MR) is 78.8 cm³/mol. The lowest BCUT2D eigenvalue weighted by molar-refractivity contribution is 0.231. The summed E-state index contributed by atoms with van der Waals surface area (Å²) in [5.41, 5.74) is 6.09. The molecule has 5 heteroatoms. The normalized spacial score (nSPS) is 29.6. The van der Waals surface area contributed by atoms with Gasteiger partial charge in [0.25, 0.3) is 0 Å². The Morgan fingerprint density at radius 3 is 2.85 bits per heavy atom. The molecule has 20 heavy (non-hydrogen) atoms. The summed E-state index contributed by atoms with van der Waals surface area (Å²) in [6.07, 6.45) is 7.21. The molecule has 110 valence electrons. The molecule has 1 aromatic rings. The van der Waals surface area contributed by atoms with Crippen LogP contribution in [0, 0.1) is 11.8 Å². The van der Waals surface area contributed by atoms with Crippen LogP contribution < -0.4 is 15.4 Å². The van der Waals surface area contributed by atoms with Crippen molar-refractivity contribution in [2.45, 2.75) is 45.3 Å². The number of ether oxygens (including phenoxy) is 1. The number of nitrogens with two attached hydrogens (primary N) is 1. The molecule has 2 fully saturated rings. The van der Waals surface area contributed by atoms with Gasteiger partial charge in [0.15, 0.2) is 5.82 Å². The lowest BCUT2D eigenvalue weighted by Gasteiger charge is -2.27. The van der Waals surface area contributed by atoms with E-state index in [2.05, 4.69) is 14.9 Å². The molecular weight excluding hydrogens is 252 g/mol. The molecule has 1 saturated heterocycles. The van der Waals surface area contributed by atoms with Gasteiger partial charge < -0.3 is 15.4 Å². The Bertz CT molecular complexity index is 465. The average Bonchev–Trinajstić information content (AvgIpc) is 2.81. The van der Waals surface area contributed by atoms with Crippen molar-refractivity contribution in [1.29, 1.82) is 0 Å². The predicted octanol–water partition coefficient (Wildman–Crippen LogP) is 1.83. The summed E-state index contributed by atoms with van der Waals surface area (Å²) in [5, 5.41) is 0. The van der Waals surface area contributed by atoms with Gasteiger partial charge in [-0.1, -0.05) is 0 Å². The fourth-order valence-corrected chi connectivity index (χ4v) is 3.44. The molecule has 2 aliphatic rings. The maximum Gasteiger partial charge on any atom is 0.234 e. The fraction of sp³-hybridized carbons (Fsp3) is 0.733. The summed E-state index contributed by atoms with van der Waals surface area (Å²) in [7, 11) is 0. The SMILES string of the molecule is CC(C)Oc1cncc(N2C[C@H]3CCC(N)C[C@H]3C2)n1. The van der Waals surface area contributed by atoms with E-state index >= 15 is 0 Å². The van der Waals surface area contributed by atoms with Gasteiger partial charge in [0.2, 0.25) is 5.88 Å². The van der Waals surface area contributed by atoms with Gasteiger partial charge in [-0.2, -0.15) is 4.98 Å². The van der Waals surface area contributed by atoms with Crippen molar-refractivity contribution in [2.75, 3.05) is 18.0 Å². The third kappa shape index (κ3) is 2.87. The van der Waals surface area contributed by atoms with E-state index in [1.54, 1.807) is 6.20 Å². The van der Waals surface area contributed by atoms with Crippen LogP contribution in [0.15, 0.2) is 12.4 Å². The van der Waals surface area contributed by atoms with Crippen LogP contribution in [0.5, 0.6) is 5.88 Å². The summed E-state index contributed by atoms with van der Waals surface area (Å²) in [6, 6.07) is 0.387. The fourth-order valence-electron chi connectivity index (χ4n) is 3.44. The van der Waals surface area contributed by atoms with E-state index in [-0.39, 0.29) is 6.10 Å². The quantitative estimate of drug-likeness (QED) is 0.912. The van der Waals surface area contributed by atoms with E-state index in [4.69, 9.17) is 10.5 Å². The first-order valence-corrected chi connectivity index (χ1v) is 7.61. The molecule has 2 N–H and O–H groups in total. The molecule has 5 nitrogen and oxygen atoms in total. The van der Waals surface area contributed by atoms with Gasteiger partial charge in [0, 0.05) is 19.1 Å². The molecule has 0 bridgehead atoms. The molecule has 1 unspecified atom stereocenters. The van der Waals surface area contributed by atoms with Crippen LogP contribution in [0.2, 0.25) is 0 Å². The van der Waals surface area contributed by atoms with Crippen molar-refractivity contribution >= 4 is 5.82 Å². The molecule has 3 rings (SSSR count). The zero-order valence-corrected chi connectivity index (χ0v) is 12.3. The van der Waals surface area contributed by atoms with Crippen LogP contribution >= 0.6 is 0 Å². The molecule has 1 aliphatic carbocycles. The molecule has 0 amide bonds. The second kappa shape index (κ2) is 5.56. The first-order valence-electron chi connectivity index (χ1n) is 7.61. The van der Waals surface area contributed by atoms with Gasteiger partial charge >= 0.3 is 0 Å².